The fourth-order valence-electron chi connectivity index (χ4n) is 6.91. The van der Waals surface area contributed by atoms with E-state index < -0.39 is 0 Å². The molecule has 0 unspecified atom stereocenters. The van der Waals surface area contributed by atoms with E-state index >= 15 is 0 Å². The molecule has 0 saturated heterocycles. The van der Waals surface area contributed by atoms with E-state index in [1.807, 2.05) is 24.3 Å². The lowest BCUT2D eigenvalue weighted by molar-refractivity contribution is 0.0591. The highest BCUT2D eigenvalue weighted by Gasteiger charge is 2.28. The summed E-state index contributed by atoms with van der Waals surface area (Å²) in [6, 6.07) is 12.0. The van der Waals surface area contributed by atoms with Gasteiger partial charge in [-0.1, -0.05) is 72.7 Å². The van der Waals surface area contributed by atoms with Crippen molar-refractivity contribution in [1.29, 1.82) is 0 Å². The highest BCUT2D eigenvalue weighted by molar-refractivity contribution is 9.11. The Morgan fingerprint density at radius 2 is 1.26 bits per heavy atom. The molecule has 4 nitrogen and oxygen atoms in total. The van der Waals surface area contributed by atoms with E-state index in [-0.39, 0.29) is 11.9 Å². The Kier molecular flexibility index (Phi) is 9.06. The molecular weight excluding hydrogens is 552 g/mol. The van der Waals surface area contributed by atoms with Crippen molar-refractivity contribution in [3.63, 3.8) is 0 Å². The molecule has 0 aromatic heterocycles. The molecule has 5 heteroatoms. The summed E-state index contributed by atoms with van der Waals surface area (Å²) in [6.45, 7) is 0. The Labute approximate surface area is 241 Å². The van der Waals surface area contributed by atoms with Crippen LogP contribution in [0.25, 0.3) is 11.1 Å². The second-order valence-electron chi connectivity index (χ2n) is 11.3. The minimum atomic E-state index is -0.255. The van der Waals surface area contributed by atoms with Crippen LogP contribution in [0.2, 0.25) is 0 Å². The minimum Gasteiger partial charge on any atom is -0.465 e. The van der Waals surface area contributed by atoms with Crippen LogP contribution in [-0.2, 0) is 22.3 Å². The summed E-state index contributed by atoms with van der Waals surface area (Å²) in [4.78, 5) is 23.2. The number of halogens is 1. The predicted octanol–water partition coefficient (Wildman–Crippen LogP) is 8.71. The first kappa shape index (κ1) is 27.9. The Morgan fingerprint density at radius 1 is 0.718 bits per heavy atom. The van der Waals surface area contributed by atoms with Gasteiger partial charge in [-0.3, -0.25) is 0 Å². The van der Waals surface area contributed by atoms with Crippen molar-refractivity contribution >= 4 is 39.0 Å². The number of ether oxygens (including phenoxy) is 2. The van der Waals surface area contributed by atoms with Crippen LogP contribution in [0.3, 0.4) is 0 Å². The van der Waals surface area contributed by atoms with Crippen molar-refractivity contribution in [2.75, 3.05) is 14.2 Å². The van der Waals surface area contributed by atoms with Crippen molar-refractivity contribution < 1.29 is 19.1 Å². The quantitative estimate of drug-likeness (QED) is 0.334. The summed E-state index contributed by atoms with van der Waals surface area (Å²) in [5.74, 6) is 0.922. The maximum Gasteiger partial charge on any atom is 0.337 e. The van der Waals surface area contributed by atoms with E-state index in [0.717, 1.165) is 18.8 Å². The molecule has 2 fully saturated rings. The van der Waals surface area contributed by atoms with Gasteiger partial charge in [0.25, 0.3) is 0 Å². The van der Waals surface area contributed by atoms with Gasteiger partial charge in [0.1, 0.15) is 0 Å². The van der Waals surface area contributed by atoms with Gasteiger partial charge in [0.05, 0.1) is 25.3 Å². The van der Waals surface area contributed by atoms with Gasteiger partial charge in [-0.15, -0.1) is 0 Å². The average Bonchev–Trinajstić information content (AvgIpc) is 3.56. The van der Waals surface area contributed by atoms with E-state index in [1.54, 1.807) is 0 Å². The lowest BCUT2D eigenvalue weighted by Crippen LogP contribution is -2.08. The molecule has 2 saturated carbocycles. The van der Waals surface area contributed by atoms with Gasteiger partial charge in [0.2, 0.25) is 0 Å². The second kappa shape index (κ2) is 12.7. The number of hydrogen-bond donors (Lipinski definition) is 0. The molecule has 0 heterocycles. The number of fused-ring (bicyclic) bond motifs is 2. The summed E-state index contributed by atoms with van der Waals surface area (Å²) in [5.41, 5.74) is 9.54. The fraction of sp³-hybridized carbons (Fsp3) is 0.471. The Balaban J connectivity index is 0.000000158. The lowest BCUT2D eigenvalue weighted by atomic mass is 9.81. The summed E-state index contributed by atoms with van der Waals surface area (Å²) < 4.78 is 10.9. The normalized spacial score (nSPS) is 19.0. The number of carbonyl (C=O) groups excluding carboxylic acids is 2. The first-order valence-corrected chi connectivity index (χ1v) is 15.3. The molecule has 2 aromatic rings. The zero-order valence-electron chi connectivity index (χ0n) is 23.2. The zero-order valence-corrected chi connectivity index (χ0v) is 24.8. The molecule has 0 bridgehead atoms. The van der Waals surface area contributed by atoms with Gasteiger partial charge in [0, 0.05) is 10.9 Å². The van der Waals surface area contributed by atoms with Crippen LogP contribution in [0, 0.1) is 11.8 Å². The summed E-state index contributed by atoms with van der Waals surface area (Å²) in [5, 5.41) is 0. The highest BCUT2D eigenvalue weighted by Crippen LogP contribution is 2.45. The van der Waals surface area contributed by atoms with Crippen molar-refractivity contribution in [3.8, 4) is 0 Å². The molecule has 0 radical (unpaired) electrons. The molecule has 0 atom stereocenters. The molecule has 0 aliphatic heterocycles. The molecule has 4 aliphatic rings. The number of methoxy groups -OCH3 is 2. The number of esters is 2. The molecule has 0 amide bonds. The molecule has 0 N–H and O–H groups in total. The van der Waals surface area contributed by atoms with E-state index in [9.17, 15) is 9.59 Å². The number of carbonyl (C=O) groups is 2. The minimum absolute atomic E-state index is 0.242. The fourth-order valence-corrected chi connectivity index (χ4v) is 7.75. The molecule has 39 heavy (non-hydrogen) atoms. The van der Waals surface area contributed by atoms with E-state index in [0.29, 0.717) is 17.0 Å². The maximum absolute atomic E-state index is 11.6. The third-order valence-electron chi connectivity index (χ3n) is 8.89. The van der Waals surface area contributed by atoms with Crippen molar-refractivity contribution in [2.24, 2.45) is 11.8 Å². The Hall–Kier alpha value is -2.66. The topological polar surface area (TPSA) is 52.6 Å². The monoisotopic (exact) mass is 590 g/mol. The number of benzene rings is 2. The van der Waals surface area contributed by atoms with Gasteiger partial charge < -0.3 is 9.47 Å². The smallest absolute Gasteiger partial charge is 0.337 e. The van der Waals surface area contributed by atoms with Crippen LogP contribution in [0.1, 0.15) is 107 Å². The average molecular weight is 592 g/mol. The first-order valence-electron chi connectivity index (χ1n) is 14.5. The number of hydrogen-bond acceptors (Lipinski definition) is 4. The van der Waals surface area contributed by atoms with Crippen LogP contribution in [0.5, 0.6) is 0 Å². The molecular formula is C34H39BrO4. The summed E-state index contributed by atoms with van der Waals surface area (Å²) in [7, 11) is 2.86. The number of rotatable bonds is 4. The van der Waals surface area contributed by atoms with E-state index in [2.05, 4.69) is 34.1 Å². The van der Waals surface area contributed by atoms with Gasteiger partial charge in [-0.2, -0.15) is 0 Å². The summed E-state index contributed by atoms with van der Waals surface area (Å²) in [6.07, 6.45) is 17.6. The highest BCUT2D eigenvalue weighted by atomic mass is 79.9. The SMILES string of the molecule is COC(=O)c1ccc2c(c1)CC(Br)=C2C1CCCCC1.COC(=O)c1ccc2c(c1)CC=C2C1CCCCC1. The largest absolute Gasteiger partial charge is 0.465 e. The Morgan fingerprint density at radius 3 is 1.85 bits per heavy atom. The lowest BCUT2D eigenvalue weighted by Gasteiger charge is -2.24. The number of allylic oxidation sites excluding steroid dienone is 4. The standard InChI is InChI=1S/C17H19BrO2.C17H20O2/c1-20-17(19)12-7-8-14-13(9-12)10-15(18)16(14)11-5-3-2-4-6-11;1-19-17(18)14-8-10-16-13(11-14)7-9-15(16)12-5-3-2-4-6-12/h7-9,11H,2-6,10H2,1H3;8-12H,2-7H2,1H3. The van der Waals surface area contributed by atoms with Crippen LogP contribution in [0.15, 0.2) is 47.0 Å². The van der Waals surface area contributed by atoms with Crippen molar-refractivity contribution in [1.82, 2.24) is 0 Å². The molecule has 4 aliphatic carbocycles. The van der Waals surface area contributed by atoms with Crippen LogP contribution in [0.4, 0.5) is 0 Å². The second-order valence-corrected chi connectivity index (χ2v) is 12.2. The molecule has 6 rings (SSSR count). The third kappa shape index (κ3) is 6.09. The Bertz CT molecular complexity index is 1290. The van der Waals surface area contributed by atoms with Crippen LogP contribution >= 0.6 is 15.9 Å². The third-order valence-corrected chi connectivity index (χ3v) is 9.60. The van der Waals surface area contributed by atoms with Gasteiger partial charge in [-0.25, -0.2) is 9.59 Å². The van der Waals surface area contributed by atoms with E-state index in [4.69, 9.17) is 9.47 Å². The van der Waals surface area contributed by atoms with Gasteiger partial charge in [0.15, 0.2) is 0 Å². The van der Waals surface area contributed by atoms with Crippen molar-refractivity contribution in [3.05, 3.63) is 80.3 Å². The predicted molar refractivity (Wildman–Crippen MR) is 160 cm³/mol. The van der Waals surface area contributed by atoms with Crippen molar-refractivity contribution in [2.45, 2.75) is 77.0 Å². The first-order chi connectivity index (χ1) is 19.0. The zero-order chi connectivity index (χ0) is 27.4. The molecule has 206 valence electrons. The maximum atomic E-state index is 11.6. The van der Waals surface area contributed by atoms with Gasteiger partial charge >= 0.3 is 11.9 Å². The van der Waals surface area contributed by atoms with Crippen LogP contribution in [-0.4, -0.2) is 26.2 Å². The molecule has 0 spiro atoms. The van der Waals surface area contributed by atoms with Gasteiger partial charge in [-0.05, 0) is 102 Å². The van der Waals surface area contributed by atoms with E-state index in [1.165, 1.54) is 116 Å². The summed E-state index contributed by atoms with van der Waals surface area (Å²) >= 11 is 3.76. The van der Waals surface area contributed by atoms with Crippen LogP contribution < -0.4 is 0 Å². The molecule has 2 aromatic carbocycles.